The number of hydrogen-bond donors (Lipinski definition) is 2. The molecule has 1 saturated heterocycles. The monoisotopic (exact) mass is 292 g/mol. The van der Waals surface area contributed by atoms with Crippen LogP contribution in [0.5, 0.6) is 0 Å². The average molecular weight is 292 g/mol. The molecule has 1 aromatic heterocycles. The molecule has 2 rings (SSSR count). The molecule has 0 saturated carbocycles. The molecule has 2 N–H and O–H groups in total. The van der Waals surface area contributed by atoms with E-state index in [9.17, 15) is 18.3 Å². The number of aliphatic hydroxyl groups excluding tert-OH is 1. The maximum Gasteiger partial charge on any atom is 0.451 e. The summed E-state index contributed by atoms with van der Waals surface area (Å²) in [5, 5.41) is 11.9. The van der Waals surface area contributed by atoms with Gasteiger partial charge < -0.3 is 20.1 Å². The molecule has 6 nitrogen and oxygen atoms in total. The topological polar surface area (TPSA) is 70.5 Å². The van der Waals surface area contributed by atoms with Crippen LogP contribution in [0, 0.1) is 0 Å². The molecule has 0 amide bonds. The van der Waals surface area contributed by atoms with Crippen molar-refractivity contribution in [2.45, 2.75) is 12.2 Å². The zero-order chi connectivity index (χ0) is 14.8. The normalized spacial score (nSPS) is 20.1. The smallest absolute Gasteiger partial charge is 0.394 e. The number of aliphatic hydroxyl groups is 1. The molecule has 0 aliphatic carbocycles. The first-order valence-corrected chi connectivity index (χ1v) is 6.05. The van der Waals surface area contributed by atoms with Crippen molar-refractivity contribution in [2.24, 2.45) is 0 Å². The maximum atomic E-state index is 12.8. The van der Waals surface area contributed by atoms with Gasteiger partial charge >= 0.3 is 6.18 Å². The second-order valence-corrected chi connectivity index (χ2v) is 4.29. The zero-order valence-corrected chi connectivity index (χ0v) is 10.8. The summed E-state index contributed by atoms with van der Waals surface area (Å²) in [5.74, 6) is -1.01. The summed E-state index contributed by atoms with van der Waals surface area (Å²) < 4.78 is 43.6. The molecule has 1 unspecified atom stereocenters. The predicted octanol–water partition coefficient (Wildman–Crippen LogP) is 0.735. The highest BCUT2D eigenvalue weighted by Gasteiger charge is 2.36. The van der Waals surface area contributed by atoms with E-state index in [1.807, 2.05) is 0 Å². The molecule has 0 bridgehead atoms. The zero-order valence-electron chi connectivity index (χ0n) is 10.8. The SMILES string of the molecule is CNc1cc(N2CCOCC2CO)nc(C(F)(F)F)n1. The van der Waals surface area contributed by atoms with Gasteiger partial charge in [0.15, 0.2) is 0 Å². The first-order chi connectivity index (χ1) is 9.45. The third-order valence-electron chi connectivity index (χ3n) is 2.95. The fourth-order valence-corrected chi connectivity index (χ4v) is 1.94. The van der Waals surface area contributed by atoms with Gasteiger partial charge in [-0.25, -0.2) is 9.97 Å². The number of nitrogens with one attached hydrogen (secondary N) is 1. The molecule has 1 fully saturated rings. The first-order valence-electron chi connectivity index (χ1n) is 6.05. The van der Waals surface area contributed by atoms with Gasteiger partial charge in [-0.3, -0.25) is 0 Å². The van der Waals surface area contributed by atoms with Gasteiger partial charge in [0.25, 0.3) is 0 Å². The van der Waals surface area contributed by atoms with Crippen LogP contribution in [0.25, 0.3) is 0 Å². The van der Waals surface area contributed by atoms with Gasteiger partial charge in [-0.1, -0.05) is 0 Å². The number of hydrogen-bond acceptors (Lipinski definition) is 6. The number of halogens is 3. The van der Waals surface area contributed by atoms with Crippen molar-refractivity contribution in [3.63, 3.8) is 0 Å². The van der Waals surface area contributed by atoms with Gasteiger partial charge in [-0.2, -0.15) is 13.2 Å². The third-order valence-corrected chi connectivity index (χ3v) is 2.95. The lowest BCUT2D eigenvalue weighted by molar-refractivity contribution is -0.144. The van der Waals surface area contributed by atoms with Crippen molar-refractivity contribution in [3.05, 3.63) is 11.9 Å². The molecule has 1 aliphatic heterocycles. The van der Waals surface area contributed by atoms with Crippen LogP contribution in [0.3, 0.4) is 0 Å². The Hall–Kier alpha value is -1.61. The van der Waals surface area contributed by atoms with E-state index in [1.54, 1.807) is 4.90 Å². The molecule has 0 aromatic carbocycles. The lowest BCUT2D eigenvalue weighted by Gasteiger charge is -2.35. The van der Waals surface area contributed by atoms with Crippen LogP contribution < -0.4 is 10.2 Å². The van der Waals surface area contributed by atoms with Crippen molar-refractivity contribution < 1.29 is 23.0 Å². The second-order valence-electron chi connectivity index (χ2n) is 4.29. The van der Waals surface area contributed by atoms with Crippen LogP contribution in [-0.2, 0) is 10.9 Å². The van der Waals surface area contributed by atoms with Gasteiger partial charge in [0.2, 0.25) is 5.82 Å². The van der Waals surface area contributed by atoms with Crippen molar-refractivity contribution >= 4 is 11.6 Å². The Bertz CT molecular complexity index is 469. The van der Waals surface area contributed by atoms with Crippen LogP contribution >= 0.6 is 0 Å². The third kappa shape index (κ3) is 3.10. The molecule has 1 atom stereocenters. The molecule has 2 heterocycles. The summed E-state index contributed by atoms with van der Waals surface area (Å²) in [7, 11) is 1.48. The molecule has 20 heavy (non-hydrogen) atoms. The summed E-state index contributed by atoms with van der Waals surface area (Å²) >= 11 is 0. The van der Waals surface area contributed by atoms with E-state index >= 15 is 0 Å². The Balaban J connectivity index is 2.39. The summed E-state index contributed by atoms with van der Waals surface area (Å²) in [6, 6.07) is 1.01. The fraction of sp³-hybridized carbons (Fsp3) is 0.636. The number of alkyl halides is 3. The molecule has 112 valence electrons. The summed E-state index contributed by atoms with van der Waals surface area (Å²) in [5.41, 5.74) is 0. The van der Waals surface area contributed by atoms with Crippen LogP contribution in [0.1, 0.15) is 5.82 Å². The Labute approximate surface area is 113 Å². The van der Waals surface area contributed by atoms with Gasteiger partial charge in [-0.15, -0.1) is 0 Å². The number of rotatable bonds is 3. The minimum atomic E-state index is -4.62. The minimum Gasteiger partial charge on any atom is -0.394 e. The highest BCUT2D eigenvalue weighted by Crippen LogP contribution is 2.30. The van der Waals surface area contributed by atoms with Gasteiger partial charge in [0, 0.05) is 19.7 Å². The number of nitrogens with zero attached hydrogens (tertiary/aromatic N) is 3. The van der Waals surface area contributed by atoms with Gasteiger partial charge in [-0.05, 0) is 0 Å². The van der Waals surface area contributed by atoms with E-state index in [4.69, 9.17) is 4.74 Å². The van der Waals surface area contributed by atoms with E-state index in [0.29, 0.717) is 13.2 Å². The molecule has 1 aromatic rings. The molecule has 9 heteroatoms. The fourth-order valence-electron chi connectivity index (χ4n) is 1.94. The van der Waals surface area contributed by atoms with Crippen LogP contribution in [-0.4, -0.2) is 54.5 Å². The van der Waals surface area contributed by atoms with Gasteiger partial charge in [0.05, 0.1) is 25.9 Å². The number of anilines is 2. The van der Waals surface area contributed by atoms with Crippen LogP contribution in [0.15, 0.2) is 6.07 Å². The van der Waals surface area contributed by atoms with Crippen LogP contribution in [0.2, 0.25) is 0 Å². The minimum absolute atomic E-state index is 0.0745. The van der Waals surface area contributed by atoms with Crippen molar-refractivity contribution in [1.82, 2.24) is 9.97 Å². The maximum absolute atomic E-state index is 12.8. The van der Waals surface area contributed by atoms with Crippen LogP contribution in [0.4, 0.5) is 24.8 Å². The molecular formula is C11H15F3N4O2. The molecular weight excluding hydrogens is 277 g/mol. The predicted molar refractivity (Wildman–Crippen MR) is 65.6 cm³/mol. The van der Waals surface area contributed by atoms with Crippen molar-refractivity contribution in [2.75, 3.05) is 43.6 Å². The molecule has 0 radical (unpaired) electrons. The second kappa shape index (κ2) is 5.80. The Morgan fingerprint density at radius 2 is 2.25 bits per heavy atom. The quantitative estimate of drug-likeness (QED) is 0.856. The van der Waals surface area contributed by atoms with Gasteiger partial charge in [0.1, 0.15) is 11.6 Å². The Morgan fingerprint density at radius 1 is 1.50 bits per heavy atom. The average Bonchev–Trinajstić information content (AvgIpc) is 2.45. The summed E-state index contributed by atoms with van der Waals surface area (Å²) in [6.07, 6.45) is -4.62. The van der Waals surface area contributed by atoms with E-state index in [2.05, 4.69) is 15.3 Å². The lowest BCUT2D eigenvalue weighted by atomic mass is 10.2. The first kappa shape index (κ1) is 14.8. The number of morpholine rings is 1. The highest BCUT2D eigenvalue weighted by atomic mass is 19.4. The number of ether oxygens (including phenoxy) is 1. The van der Waals surface area contributed by atoms with E-state index in [1.165, 1.54) is 13.1 Å². The van der Waals surface area contributed by atoms with E-state index in [0.717, 1.165) is 0 Å². The Kier molecular flexibility index (Phi) is 4.29. The summed E-state index contributed by atoms with van der Waals surface area (Å²) in [6.45, 7) is 0.760. The Morgan fingerprint density at radius 3 is 2.85 bits per heavy atom. The lowest BCUT2D eigenvalue weighted by Crippen LogP contribution is -2.48. The largest absolute Gasteiger partial charge is 0.451 e. The van der Waals surface area contributed by atoms with Crippen molar-refractivity contribution in [1.29, 1.82) is 0 Å². The highest BCUT2D eigenvalue weighted by molar-refractivity contribution is 5.50. The standard InChI is InChI=1S/C11H15F3N4O2/c1-15-8-4-9(17-10(16-8)11(12,13)14)18-2-3-20-6-7(18)5-19/h4,7,19H,2-3,5-6H2,1H3,(H,15,16,17). The van der Waals surface area contributed by atoms with E-state index in [-0.39, 0.29) is 24.8 Å². The molecule has 1 aliphatic rings. The number of aromatic nitrogens is 2. The summed E-state index contributed by atoms with van der Waals surface area (Å²) in [4.78, 5) is 8.56. The molecule has 0 spiro atoms. The van der Waals surface area contributed by atoms with Crippen molar-refractivity contribution in [3.8, 4) is 0 Å². The van der Waals surface area contributed by atoms with E-state index < -0.39 is 18.0 Å².